The van der Waals surface area contributed by atoms with E-state index in [4.69, 9.17) is 9.15 Å². The summed E-state index contributed by atoms with van der Waals surface area (Å²) in [5.41, 5.74) is 2.91. The van der Waals surface area contributed by atoms with E-state index in [1.54, 1.807) is 24.3 Å². The molecule has 1 heterocycles. The van der Waals surface area contributed by atoms with Crippen LogP contribution in [0.5, 0.6) is 0 Å². The zero-order valence-electron chi connectivity index (χ0n) is 16.0. The molecule has 0 aliphatic heterocycles. The molecule has 0 unspecified atom stereocenters. The van der Waals surface area contributed by atoms with Crippen molar-refractivity contribution in [3.05, 3.63) is 76.3 Å². The lowest BCUT2D eigenvalue weighted by molar-refractivity contribution is -0.149. The number of nitrogens with zero attached hydrogens (tertiary/aromatic N) is 2. The van der Waals surface area contributed by atoms with E-state index < -0.39 is 30.8 Å². The maximum absolute atomic E-state index is 11.9. The summed E-state index contributed by atoms with van der Waals surface area (Å²) in [5, 5.41) is 6.67. The highest BCUT2D eigenvalue weighted by molar-refractivity contribution is 5.80. The van der Waals surface area contributed by atoms with Crippen molar-refractivity contribution in [3.8, 4) is 11.5 Å². The lowest BCUT2D eigenvalue weighted by Gasteiger charge is -2.08. The second kappa shape index (κ2) is 9.50. The predicted octanol–water partition coefficient (Wildman–Crippen LogP) is 1.71. The molecule has 2 aromatic carbocycles. The maximum atomic E-state index is 11.9. The van der Waals surface area contributed by atoms with Gasteiger partial charge in [0.25, 0.3) is 5.91 Å². The second-order valence-electron chi connectivity index (χ2n) is 6.38. The van der Waals surface area contributed by atoms with Crippen molar-refractivity contribution in [1.82, 2.24) is 15.1 Å². The Morgan fingerprint density at radius 3 is 2.59 bits per heavy atom. The average Bonchev–Trinajstić information content (AvgIpc) is 3.09. The molecule has 0 aliphatic rings. The average molecular weight is 395 g/mol. The minimum Gasteiger partial charge on any atom is -0.454 e. The molecule has 0 aliphatic carbocycles. The molecule has 8 nitrogen and oxygen atoms in total. The van der Waals surface area contributed by atoms with Gasteiger partial charge in [0.05, 0.1) is 0 Å². The molecule has 0 spiro atoms. The number of benzene rings is 2. The number of rotatable bonds is 8. The fourth-order valence-corrected chi connectivity index (χ4v) is 2.70. The number of esters is 1. The van der Waals surface area contributed by atoms with Crippen molar-refractivity contribution in [2.24, 2.45) is 0 Å². The number of aromatic nitrogens is 2. The molecule has 0 saturated carbocycles. The van der Waals surface area contributed by atoms with E-state index in [0.29, 0.717) is 18.5 Å². The standard InChI is InChI=1S/C21H21N3O5/c1-15-7-5-6-8-16(15)11-12-22-18(25)14-28-19(26)13-24-21(27)29-20(23-24)17-9-3-2-4-10-17/h2-10H,11-14H2,1H3,(H,22,25). The number of hydrogen-bond donors (Lipinski definition) is 1. The van der Waals surface area contributed by atoms with E-state index in [2.05, 4.69) is 10.4 Å². The highest BCUT2D eigenvalue weighted by Crippen LogP contribution is 2.13. The van der Waals surface area contributed by atoms with Crippen LogP contribution >= 0.6 is 0 Å². The van der Waals surface area contributed by atoms with Crippen molar-refractivity contribution in [3.63, 3.8) is 0 Å². The summed E-state index contributed by atoms with van der Waals surface area (Å²) < 4.78 is 10.8. The van der Waals surface area contributed by atoms with Gasteiger partial charge in [0.2, 0.25) is 5.89 Å². The Labute approximate surface area is 167 Å². The van der Waals surface area contributed by atoms with E-state index in [0.717, 1.165) is 15.8 Å². The zero-order chi connectivity index (χ0) is 20.6. The SMILES string of the molecule is Cc1ccccc1CCNC(=O)COC(=O)Cn1nc(-c2ccccc2)oc1=O. The van der Waals surface area contributed by atoms with Crippen molar-refractivity contribution in [2.75, 3.05) is 13.2 Å². The molecule has 0 bridgehead atoms. The van der Waals surface area contributed by atoms with Crippen LogP contribution in [0.2, 0.25) is 0 Å². The first-order valence-corrected chi connectivity index (χ1v) is 9.13. The van der Waals surface area contributed by atoms with Gasteiger partial charge in [-0.15, -0.1) is 5.10 Å². The van der Waals surface area contributed by atoms with Crippen LogP contribution in [0.4, 0.5) is 0 Å². The summed E-state index contributed by atoms with van der Waals surface area (Å²) in [6, 6.07) is 16.8. The molecule has 3 aromatic rings. The van der Waals surface area contributed by atoms with Gasteiger partial charge in [-0.1, -0.05) is 42.5 Å². The number of hydrogen-bond acceptors (Lipinski definition) is 6. The van der Waals surface area contributed by atoms with E-state index in [1.165, 1.54) is 0 Å². The van der Waals surface area contributed by atoms with E-state index in [-0.39, 0.29) is 5.89 Å². The molecule has 8 heteroatoms. The lowest BCUT2D eigenvalue weighted by Crippen LogP contribution is -2.32. The molecule has 1 amide bonds. The Morgan fingerprint density at radius 1 is 1.10 bits per heavy atom. The summed E-state index contributed by atoms with van der Waals surface area (Å²) in [7, 11) is 0. The first-order valence-electron chi connectivity index (χ1n) is 9.13. The van der Waals surface area contributed by atoms with Gasteiger partial charge >= 0.3 is 11.7 Å². The summed E-state index contributed by atoms with van der Waals surface area (Å²) in [5.74, 6) is -1.83. The van der Waals surface area contributed by atoms with Gasteiger partial charge in [-0.3, -0.25) is 9.59 Å². The monoisotopic (exact) mass is 395 g/mol. The molecule has 1 aromatic heterocycles. The van der Waals surface area contributed by atoms with E-state index >= 15 is 0 Å². The lowest BCUT2D eigenvalue weighted by atomic mass is 10.1. The summed E-state index contributed by atoms with van der Waals surface area (Å²) in [4.78, 5) is 35.6. The van der Waals surface area contributed by atoms with E-state index in [9.17, 15) is 14.4 Å². The largest absolute Gasteiger partial charge is 0.454 e. The minimum absolute atomic E-state index is 0.109. The van der Waals surface area contributed by atoms with Crippen LogP contribution in [0.15, 0.2) is 63.8 Å². The molecule has 0 radical (unpaired) electrons. The molecule has 0 fully saturated rings. The van der Waals surface area contributed by atoms with Gasteiger partial charge < -0.3 is 14.5 Å². The molecule has 1 N–H and O–H groups in total. The van der Waals surface area contributed by atoms with Crippen LogP contribution in [-0.2, 0) is 27.3 Å². The zero-order valence-corrected chi connectivity index (χ0v) is 16.0. The Kier molecular flexibility index (Phi) is 6.57. The number of aryl methyl sites for hydroxylation is 1. The summed E-state index contributed by atoms with van der Waals surface area (Å²) in [6.07, 6.45) is 0.683. The normalized spacial score (nSPS) is 10.5. The van der Waals surface area contributed by atoms with Crippen LogP contribution in [0, 0.1) is 6.92 Å². The maximum Gasteiger partial charge on any atom is 0.437 e. The van der Waals surface area contributed by atoms with Crippen LogP contribution in [0.3, 0.4) is 0 Å². The second-order valence-corrected chi connectivity index (χ2v) is 6.38. The van der Waals surface area contributed by atoms with Crippen LogP contribution in [-0.4, -0.2) is 34.8 Å². The highest BCUT2D eigenvalue weighted by Gasteiger charge is 2.15. The molecule has 0 saturated heterocycles. The topological polar surface area (TPSA) is 103 Å². The van der Waals surface area contributed by atoms with Gasteiger partial charge in [-0.2, -0.15) is 4.68 Å². The number of ether oxygens (including phenoxy) is 1. The van der Waals surface area contributed by atoms with Gasteiger partial charge in [0.15, 0.2) is 6.61 Å². The summed E-state index contributed by atoms with van der Waals surface area (Å²) in [6.45, 7) is 1.58. The van der Waals surface area contributed by atoms with Gasteiger partial charge in [0, 0.05) is 12.1 Å². The van der Waals surface area contributed by atoms with Crippen molar-refractivity contribution in [1.29, 1.82) is 0 Å². The predicted molar refractivity (Wildman–Crippen MR) is 105 cm³/mol. The number of carbonyl (C=O) groups excluding carboxylic acids is 2. The Balaban J connectivity index is 1.44. The molecule has 150 valence electrons. The fraction of sp³-hybridized carbons (Fsp3) is 0.238. The Bertz CT molecular complexity index is 1040. The Morgan fingerprint density at radius 2 is 1.83 bits per heavy atom. The smallest absolute Gasteiger partial charge is 0.437 e. The molecule has 0 atom stereocenters. The van der Waals surface area contributed by atoms with Gasteiger partial charge in [0.1, 0.15) is 6.54 Å². The third-order valence-electron chi connectivity index (χ3n) is 4.25. The van der Waals surface area contributed by atoms with Crippen molar-refractivity contribution < 1.29 is 18.7 Å². The fourth-order valence-electron chi connectivity index (χ4n) is 2.70. The summed E-state index contributed by atoms with van der Waals surface area (Å²) >= 11 is 0. The van der Waals surface area contributed by atoms with E-state index in [1.807, 2.05) is 37.3 Å². The highest BCUT2D eigenvalue weighted by atomic mass is 16.5. The van der Waals surface area contributed by atoms with Crippen molar-refractivity contribution in [2.45, 2.75) is 19.9 Å². The van der Waals surface area contributed by atoms with Gasteiger partial charge in [-0.25, -0.2) is 4.79 Å². The van der Waals surface area contributed by atoms with Gasteiger partial charge in [-0.05, 0) is 36.6 Å². The Hall–Kier alpha value is -3.68. The third-order valence-corrected chi connectivity index (χ3v) is 4.25. The van der Waals surface area contributed by atoms with Crippen LogP contribution in [0.1, 0.15) is 11.1 Å². The van der Waals surface area contributed by atoms with Crippen LogP contribution in [0.25, 0.3) is 11.5 Å². The third kappa shape index (κ3) is 5.65. The first-order chi connectivity index (χ1) is 14.0. The number of nitrogens with one attached hydrogen (secondary N) is 1. The molecule has 3 rings (SSSR count). The first kappa shape index (κ1) is 20.1. The molecular formula is C21H21N3O5. The number of carbonyl (C=O) groups is 2. The molecule has 29 heavy (non-hydrogen) atoms. The van der Waals surface area contributed by atoms with Crippen LogP contribution < -0.4 is 11.1 Å². The van der Waals surface area contributed by atoms with Crippen molar-refractivity contribution >= 4 is 11.9 Å². The quantitative estimate of drug-likeness (QED) is 0.583. The number of amides is 1. The molecular weight excluding hydrogens is 374 g/mol. The minimum atomic E-state index is -0.775.